The molecule has 1 aliphatic carbocycles. The maximum atomic E-state index is 6.10. The Labute approximate surface area is 199 Å². The zero-order chi connectivity index (χ0) is 23.1. The van der Waals surface area contributed by atoms with Crippen LogP contribution in [0.25, 0.3) is 28.6 Å². The highest BCUT2D eigenvalue weighted by molar-refractivity contribution is 5.77. The monoisotopic (exact) mass is 446 g/mol. The van der Waals surface area contributed by atoms with Crippen LogP contribution in [0.4, 0.5) is 5.69 Å². The Morgan fingerprint density at radius 2 is 1.71 bits per heavy atom. The highest BCUT2D eigenvalue weighted by atomic mass is 16.5. The molecule has 0 fully saturated rings. The van der Waals surface area contributed by atoms with Crippen molar-refractivity contribution in [2.75, 3.05) is 5.32 Å². The van der Waals surface area contributed by atoms with Gasteiger partial charge in [-0.3, -0.25) is 0 Å². The molecule has 34 heavy (non-hydrogen) atoms. The molecule has 0 spiro atoms. The van der Waals surface area contributed by atoms with Gasteiger partial charge < -0.3 is 14.5 Å². The van der Waals surface area contributed by atoms with Gasteiger partial charge in [-0.2, -0.15) is 0 Å². The summed E-state index contributed by atoms with van der Waals surface area (Å²) in [5.41, 5.74) is 9.94. The molecule has 2 aliphatic rings. The maximum absolute atomic E-state index is 6.10. The van der Waals surface area contributed by atoms with Gasteiger partial charge in [0.25, 0.3) is 0 Å². The quantitative estimate of drug-likeness (QED) is 0.351. The fourth-order valence-corrected chi connectivity index (χ4v) is 4.45. The van der Waals surface area contributed by atoms with E-state index in [1.165, 1.54) is 22.3 Å². The van der Waals surface area contributed by atoms with Gasteiger partial charge in [0.05, 0.1) is 5.69 Å². The van der Waals surface area contributed by atoms with Crippen LogP contribution in [0, 0.1) is 13.8 Å². The van der Waals surface area contributed by atoms with Crippen molar-refractivity contribution < 1.29 is 9.15 Å². The summed E-state index contributed by atoms with van der Waals surface area (Å²) >= 11 is 0. The van der Waals surface area contributed by atoms with E-state index in [0.29, 0.717) is 5.89 Å². The summed E-state index contributed by atoms with van der Waals surface area (Å²) in [6.07, 6.45) is 10.7. The molecule has 2 heterocycles. The lowest BCUT2D eigenvalue weighted by Gasteiger charge is -2.18. The number of nitrogens with one attached hydrogen (secondary N) is 1. The average molecular weight is 447 g/mol. The summed E-state index contributed by atoms with van der Waals surface area (Å²) in [5.74, 6) is 1.59. The van der Waals surface area contributed by atoms with Gasteiger partial charge in [-0.15, -0.1) is 0 Å². The lowest BCUT2D eigenvalue weighted by atomic mass is 9.96. The van der Waals surface area contributed by atoms with E-state index in [0.717, 1.165) is 46.5 Å². The van der Waals surface area contributed by atoms with Crippen LogP contribution in [0.3, 0.4) is 0 Å². The van der Waals surface area contributed by atoms with Crippen LogP contribution in [0.1, 0.15) is 29.5 Å². The van der Waals surface area contributed by atoms with Crippen LogP contribution in [0.2, 0.25) is 0 Å². The van der Waals surface area contributed by atoms with Crippen molar-refractivity contribution in [3.63, 3.8) is 0 Å². The predicted molar refractivity (Wildman–Crippen MR) is 138 cm³/mol. The lowest BCUT2D eigenvalue weighted by molar-refractivity contribution is 0.284. The number of benzene rings is 3. The summed E-state index contributed by atoms with van der Waals surface area (Å²) in [5, 5.41) is 3.50. The number of aromatic nitrogens is 1. The number of rotatable bonds is 4. The van der Waals surface area contributed by atoms with E-state index in [-0.39, 0.29) is 6.23 Å². The summed E-state index contributed by atoms with van der Waals surface area (Å²) in [6.45, 7) is 4.16. The molecule has 6 rings (SSSR count). The number of oxazole rings is 1. The molecule has 1 N–H and O–H groups in total. The first-order chi connectivity index (χ1) is 16.6. The third-order valence-electron chi connectivity index (χ3n) is 6.41. The minimum absolute atomic E-state index is 0.0677. The first kappa shape index (κ1) is 20.5. The summed E-state index contributed by atoms with van der Waals surface area (Å²) in [6, 6.07) is 20.7. The fraction of sp³-hybridized carbons (Fsp3) is 0.167. The van der Waals surface area contributed by atoms with Crippen molar-refractivity contribution in [2.24, 2.45) is 0 Å². The topological polar surface area (TPSA) is 47.3 Å². The zero-order valence-electron chi connectivity index (χ0n) is 19.3. The van der Waals surface area contributed by atoms with E-state index in [1.54, 1.807) is 0 Å². The molecule has 4 nitrogen and oxygen atoms in total. The van der Waals surface area contributed by atoms with Gasteiger partial charge >= 0.3 is 0 Å². The number of aryl methyl sites for hydroxylation is 2. The number of hydrogen-bond donors (Lipinski definition) is 1. The molecule has 0 saturated carbocycles. The largest absolute Gasteiger partial charge is 0.465 e. The van der Waals surface area contributed by atoms with Gasteiger partial charge in [-0.25, -0.2) is 4.98 Å². The molecule has 0 bridgehead atoms. The second-order valence-corrected chi connectivity index (χ2v) is 9.07. The van der Waals surface area contributed by atoms with Crippen molar-refractivity contribution >= 4 is 22.9 Å². The Bertz CT molecular complexity index is 1470. The smallest absolute Gasteiger partial charge is 0.227 e. The maximum Gasteiger partial charge on any atom is 0.227 e. The molecule has 1 aliphatic heterocycles. The standard InChI is InChI=1S/C30H26N2O2/c1-19-3-15-27-25(17-19)31-29(33-27)23-11-7-21(8-12-23)5-6-22-9-13-24(14-10-22)30-32-26-18-20(2)4-16-28(26)34-30/h3-9,11-13,15-18,30,32H,10,14H2,1-2H3/b6-5-. The van der Waals surface area contributed by atoms with E-state index >= 15 is 0 Å². The Morgan fingerprint density at radius 3 is 2.53 bits per heavy atom. The summed E-state index contributed by atoms with van der Waals surface area (Å²) in [7, 11) is 0. The van der Waals surface area contributed by atoms with Crippen molar-refractivity contribution in [3.8, 4) is 17.2 Å². The highest BCUT2D eigenvalue weighted by Crippen LogP contribution is 2.36. The molecule has 4 aromatic rings. The average Bonchev–Trinajstić information content (AvgIpc) is 3.47. The highest BCUT2D eigenvalue weighted by Gasteiger charge is 2.25. The minimum atomic E-state index is -0.0677. The third-order valence-corrected chi connectivity index (χ3v) is 6.41. The second-order valence-electron chi connectivity index (χ2n) is 9.07. The van der Waals surface area contributed by atoms with Crippen LogP contribution in [-0.4, -0.2) is 11.2 Å². The first-order valence-electron chi connectivity index (χ1n) is 11.7. The fourth-order valence-electron chi connectivity index (χ4n) is 4.45. The van der Waals surface area contributed by atoms with Crippen LogP contribution >= 0.6 is 0 Å². The van der Waals surface area contributed by atoms with Gasteiger partial charge in [-0.1, -0.05) is 48.6 Å². The molecule has 1 unspecified atom stereocenters. The number of ether oxygens (including phenoxy) is 1. The van der Waals surface area contributed by atoms with Crippen molar-refractivity contribution in [3.05, 3.63) is 107 Å². The number of allylic oxidation sites excluding steroid dienone is 4. The van der Waals surface area contributed by atoms with E-state index in [4.69, 9.17) is 9.15 Å². The van der Waals surface area contributed by atoms with E-state index in [9.17, 15) is 0 Å². The van der Waals surface area contributed by atoms with Crippen molar-refractivity contribution in [1.82, 2.24) is 4.98 Å². The van der Waals surface area contributed by atoms with Crippen molar-refractivity contribution in [1.29, 1.82) is 0 Å². The molecule has 3 aromatic carbocycles. The van der Waals surface area contributed by atoms with Crippen LogP contribution in [0.5, 0.6) is 5.75 Å². The molecule has 0 amide bonds. The Kier molecular flexibility index (Phi) is 5.06. The van der Waals surface area contributed by atoms with Crippen LogP contribution in [0.15, 0.2) is 94.5 Å². The van der Waals surface area contributed by atoms with Gasteiger partial charge in [0, 0.05) is 5.56 Å². The number of nitrogens with zero attached hydrogens (tertiary/aromatic N) is 1. The predicted octanol–water partition coefficient (Wildman–Crippen LogP) is 7.60. The number of hydrogen-bond acceptors (Lipinski definition) is 4. The van der Waals surface area contributed by atoms with E-state index in [2.05, 4.69) is 84.9 Å². The van der Waals surface area contributed by atoms with Crippen LogP contribution in [-0.2, 0) is 0 Å². The van der Waals surface area contributed by atoms with E-state index in [1.807, 2.05) is 24.3 Å². The number of fused-ring (bicyclic) bond motifs is 2. The second kappa shape index (κ2) is 8.38. The molecular weight excluding hydrogens is 420 g/mol. The molecule has 0 radical (unpaired) electrons. The molecule has 4 heteroatoms. The molecular formula is C30H26N2O2. The molecule has 1 atom stereocenters. The Balaban J connectivity index is 1.13. The van der Waals surface area contributed by atoms with Crippen LogP contribution < -0.4 is 10.1 Å². The van der Waals surface area contributed by atoms with Crippen molar-refractivity contribution in [2.45, 2.75) is 32.9 Å². The number of anilines is 1. The van der Waals surface area contributed by atoms with Gasteiger partial charge in [-0.05, 0) is 90.9 Å². The minimum Gasteiger partial charge on any atom is -0.465 e. The Morgan fingerprint density at radius 1 is 0.882 bits per heavy atom. The normalized spacial score (nSPS) is 17.3. The third kappa shape index (κ3) is 4.03. The molecule has 0 saturated heterocycles. The molecule has 168 valence electrons. The SMILES string of the molecule is Cc1ccc2c(c1)NC(C1=CC=C(/C=C\c3ccc(-c4nc5cc(C)ccc5o4)cc3)CC1)O2. The molecule has 1 aromatic heterocycles. The zero-order valence-corrected chi connectivity index (χ0v) is 19.3. The van der Waals surface area contributed by atoms with Gasteiger partial charge in [0.1, 0.15) is 11.3 Å². The first-order valence-corrected chi connectivity index (χ1v) is 11.7. The summed E-state index contributed by atoms with van der Waals surface area (Å²) < 4.78 is 12.0. The van der Waals surface area contributed by atoms with Gasteiger partial charge in [0.15, 0.2) is 11.8 Å². The van der Waals surface area contributed by atoms with Gasteiger partial charge in [0.2, 0.25) is 5.89 Å². The van der Waals surface area contributed by atoms with E-state index < -0.39 is 0 Å². The lowest BCUT2D eigenvalue weighted by Crippen LogP contribution is -2.23. The summed E-state index contributed by atoms with van der Waals surface area (Å²) in [4.78, 5) is 4.63. The Hall–Kier alpha value is -4.05.